The van der Waals surface area contributed by atoms with Crippen molar-refractivity contribution < 1.29 is 23.8 Å². The maximum Gasteiger partial charge on any atom is 0.339 e. The van der Waals surface area contributed by atoms with Crippen molar-refractivity contribution in [3.8, 4) is 17.2 Å². The van der Waals surface area contributed by atoms with Gasteiger partial charge in [0.2, 0.25) is 5.91 Å². The van der Waals surface area contributed by atoms with E-state index in [1.807, 2.05) is 66.1 Å². The number of para-hydroxylation sites is 1. The number of amides is 1. The summed E-state index contributed by atoms with van der Waals surface area (Å²) in [4.78, 5) is 24.6. The molecule has 11 heteroatoms. The average molecular weight is 553 g/mol. The molecule has 0 aliphatic carbocycles. The summed E-state index contributed by atoms with van der Waals surface area (Å²) < 4.78 is 17.9. The van der Waals surface area contributed by atoms with E-state index in [1.54, 1.807) is 13.2 Å². The third kappa shape index (κ3) is 6.45. The smallest absolute Gasteiger partial charge is 0.339 e. The number of anilines is 1. The van der Waals surface area contributed by atoms with Gasteiger partial charge in [0.15, 0.2) is 17.1 Å². The standard InChI is InChI=1S/C27H25ClN4O5S/c1-17(37-21-12-10-20(35-2)11-13-21)25-30-31-27(32(25)19-7-5-4-6-8-19)38-16-24(33)29-18-9-14-23(28)22(15-18)26(34)36-3/h4-15,17H,16H2,1-3H3,(H,29,33). The normalized spacial score (nSPS) is 11.5. The van der Waals surface area contributed by atoms with E-state index in [4.69, 9.17) is 25.8 Å². The van der Waals surface area contributed by atoms with Crippen LogP contribution in [0.1, 0.15) is 29.2 Å². The van der Waals surface area contributed by atoms with Crippen LogP contribution in [0.4, 0.5) is 5.69 Å². The number of rotatable bonds is 10. The zero-order valence-electron chi connectivity index (χ0n) is 20.9. The Morgan fingerprint density at radius 1 is 1.00 bits per heavy atom. The number of carbonyl (C=O) groups is 2. The van der Waals surface area contributed by atoms with E-state index in [9.17, 15) is 9.59 Å². The summed E-state index contributed by atoms with van der Waals surface area (Å²) in [6, 6.07) is 21.5. The first-order chi connectivity index (χ1) is 18.4. The van der Waals surface area contributed by atoms with Crippen LogP contribution in [0.5, 0.6) is 11.5 Å². The van der Waals surface area contributed by atoms with Gasteiger partial charge in [-0.15, -0.1) is 10.2 Å². The SMILES string of the molecule is COC(=O)c1cc(NC(=O)CSc2nnc(C(C)Oc3ccc(OC)cc3)n2-c2ccccc2)ccc1Cl. The Labute approximate surface area is 229 Å². The van der Waals surface area contributed by atoms with Gasteiger partial charge in [0.25, 0.3) is 0 Å². The van der Waals surface area contributed by atoms with Crippen LogP contribution in [-0.2, 0) is 9.53 Å². The zero-order valence-corrected chi connectivity index (χ0v) is 22.5. The van der Waals surface area contributed by atoms with Gasteiger partial charge in [-0.3, -0.25) is 9.36 Å². The highest BCUT2D eigenvalue weighted by Crippen LogP contribution is 2.29. The molecule has 1 heterocycles. The molecular formula is C27H25ClN4O5S. The maximum atomic E-state index is 12.7. The van der Waals surface area contributed by atoms with Crippen molar-refractivity contribution in [3.05, 3.63) is 89.2 Å². The van der Waals surface area contributed by atoms with Gasteiger partial charge in [-0.05, 0) is 61.5 Å². The number of methoxy groups -OCH3 is 2. The molecule has 9 nitrogen and oxygen atoms in total. The molecule has 0 aliphatic heterocycles. The fraction of sp³-hybridized carbons (Fsp3) is 0.185. The first-order valence-corrected chi connectivity index (χ1v) is 12.9. The molecule has 3 aromatic carbocycles. The molecule has 1 aromatic heterocycles. The summed E-state index contributed by atoms with van der Waals surface area (Å²) in [7, 11) is 2.87. The number of esters is 1. The number of hydrogen-bond donors (Lipinski definition) is 1. The molecule has 0 fully saturated rings. The summed E-state index contributed by atoms with van der Waals surface area (Å²) in [6.45, 7) is 1.88. The molecular weight excluding hydrogens is 528 g/mol. The second kappa shape index (κ2) is 12.5. The van der Waals surface area contributed by atoms with Crippen molar-refractivity contribution in [1.82, 2.24) is 14.8 Å². The average Bonchev–Trinajstić information content (AvgIpc) is 3.37. The minimum Gasteiger partial charge on any atom is -0.497 e. The number of aromatic nitrogens is 3. The summed E-state index contributed by atoms with van der Waals surface area (Å²) in [6.07, 6.45) is -0.440. The monoisotopic (exact) mass is 552 g/mol. The Morgan fingerprint density at radius 3 is 2.39 bits per heavy atom. The van der Waals surface area contributed by atoms with Gasteiger partial charge >= 0.3 is 5.97 Å². The number of thioether (sulfide) groups is 1. The summed E-state index contributed by atoms with van der Waals surface area (Å²) >= 11 is 7.29. The Bertz CT molecular complexity index is 1410. The van der Waals surface area contributed by atoms with E-state index in [1.165, 1.54) is 31.0 Å². The quantitative estimate of drug-likeness (QED) is 0.201. The van der Waals surface area contributed by atoms with Gasteiger partial charge in [-0.2, -0.15) is 0 Å². The van der Waals surface area contributed by atoms with Crippen molar-refractivity contribution in [1.29, 1.82) is 0 Å². The van der Waals surface area contributed by atoms with Crippen LogP contribution in [0.15, 0.2) is 78.0 Å². The first kappa shape index (κ1) is 27.0. The van der Waals surface area contributed by atoms with E-state index in [0.717, 1.165) is 11.4 Å². The topological polar surface area (TPSA) is 105 Å². The predicted octanol–water partition coefficient (Wildman–Crippen LogP) is 5.59. The first-order valence-electron chi connectivity index (χ1n) is 11.5. The minimum atomic E-state index is -0.588. The predicted molar refractivity (Wildman–Crippen MR) is 146 cm³/mol. The van der Waals surface area contributed by atoms with Gasteiger partial charge in [0.1, 0.15) is 11.5 Å². The highest BCUT2D eigenvalue weighted by atomic mass is 35.5. The van der Waals surface area contributed by atoms with Crippen LogP contribution in [-0.4, -0.2) is 46.6 Å². The van der Waals surface area contributed by atoms with Gasteiger partial charge in [-0.1, -0.05) is 41.6 Å². The molecule has 1 unspecified atom stereocenters. The fourth-order valence-corrected chi connectivity index (χ4v) is 4.52. The third-order valence-electron chi connectivity index (χ3n) is 5.40. The third-order valence-corrected chi connectivity index (χ3v) is 6.66. The van der Waals surface area contributed by atoms with Gasteiger partial charge in [-0.25, -0.2) is 4.79 Å². The lowest BCUT2D eigenvalue weighted by molar-refractivity contribution is -0.113. The van der Waals surface area contributed by atoms with Crippen LogP contribution < -0.4 is 14.8 Å². The van der Waals surface area contributed by atoms with Crippen LogP contribution in [0.3, 0.4) is 0 Å². The number of nitrogens with one attached hydrogen (secondary N) is 1. The van der Waals surface area contributed by atoms with Gasteiger partial charge < -0.3 is 19.5 Å². The van der Waals surface area contributed by atoms with Crippen molar-refractivity contribution in [2.45, 2.75) is 18.2 Å². The second-order valence-electron chi connectivity index (χ2n) is 7.97. The molecule has 0 saturated heterocycles. The van der Waals surface area contributed by atoms with Crippen LogP contribution >= 0.6 is 23.4 Å². The molecule has 38 heavy (non-hydrogen) atoms. The lowest BCUT2D eigenvalue weighted by atomic mass is 10.2. The van der Waals surface area contributed by atoms with Crippen molar-refractivity contribution >= 4 is 40.9 Å². The molecule has 196 valence electrons. The maximum absolute atomic E-state index is 12.7. The van der Waals surface area contributed by atoms with Crippen LogP contribution in [0.2, 0.25) is 5.02 Å². The molecule has 1 atom stereocenters. The number of benzene rings is 3. The molecule has 0 bridgehead atoms. The van der Waals surface area contributed by atoms with Crippen molar-refractivity contribution in [2.24, 2.45) is 0 Å². The zero-order chi connectivity index (χ0) is 27.1. The minimum absolute atomic E-state index is 0.0505. The second-order valence-corrected chi connectivity index (χ2v) is 9.32. The highest BCUT2D eigenvalue weighted by Gasteiger charge is 2.22. The Morgan fingerprint density at radius 2 is 1.71 bits per heavy atom. The molecule has 0 spiro atoms. The van der Waals surface area contributed by atoms with Gasteiger partial charge in [0.05, 0.1) is 30.6 Å². The number of ether oxygens (including phenoxy) is 3. The highest BCUT2D eigenvalue weighted by molar-refractivity contribution is 7.99. The van der Waals surface area contributed by atoms with Crippen molar-refractivity contribution in [2.75, 3.05) is 25.3 Å². The van der Waals surface area contributed by atoms with E-state index in [0.29, 0.717) is 22.4 Å². The largest absolute Gasteiger partial charge is 0.497 e. The molecule has 4 rings (SSSR count). The lowest BCUT2D eigenvalue weighted by Crippen LogP contribution is -2.16. The van der Waals surface area contributed by atoms with E-state index < -0.39 is 12.1 Å². The Balaban J connectivity index is 1.51. The summed E-state index contributed by atoms with van der Waals surface area (Å²) in [5.41, 5.74) is 1.42. The van der Waals surface area contributed by atoms with E-state index in [2.05, 4.69) is 15.5 Å². The molecule has 0 aliphatic rings. The fourth-order valence-electron chi connectivity index (χ4n) is 3.57. The molecule has 4 aromatic rings. The van der Waals surface area contributed by atoms with E-state index in [-0.39, 0.29) is 22.2 Å². The van der Waals surface area contributed by atoms with E-state index >= 15 is 0 Å². The molecule has 1 N–H and O–H groups in total. The molecule has 0 radical (unpaired) electrons. The van der Waals surface area contributed by atoms with Crippen LogP contribution in [0.25, 0.3) is 5.69 Å². The van der Waals surface area contributed by atoms with Crippen LogP contribution in [0, 0.1) is 0 Å². The van der Waals surface area contributed by atoms with Crippen molar-refractivity contribution in [3.63, 3.8) is 0 Å². The summed E-state index contributed by atoms with van der Waals surface area (Å²) in [5.74, 6) is 1.14. The number of hydrogen-bond acceptors (Lipinski definition) is 8. The molecule has 0 saturated carbocycles. The Kier molecular flexibility index (Phi) is 8.88. The molecule has 1 amide bonds. The summed E-state index contributed by atoms with van der Waals surface area (Å²) in [5, 5.41) is 12.2. The van der Waals surface area contributed by atoms with Gasteiger partial charge in [0, 0.05) is 11.4 Å². The number of nitrogens with zero attached hydrogens (tertiary/aromatic N) is 3. The lowest BCUT2D eigenvalue weighted by Gasteiger charge is -2.17. The Hall–Kier alpha value is -4.02. The number of halogens is 1. The number of carbonyl (C=O) groups excluding carboxylic acids is 2.